The fourth-order valence-corrected chi connectivity index (χ4v) is 1.92. The average molecular weight is 263 g/mol. The minimum absolute atomic E-state index is 0.519. The second-order valence-electron chi connectivity index (χ2n) is 2.97. The Hall–Kier alpha value is -1.60. The van der Waals surface area contributed by atoms with E-state index in [0.717, 1.165) is 15.2 Å². The van der Waals surface area contributed by atoms with Gasteiger partial charge in [-0.15, -0.1) is 0 Å². The van der Waals surface area contributed by atoms with Gasteiger partial charge in [-0.05, 0) is 12.1 Å². The van der Waals surface area contributed by atoms with E-state index in [2.05, 4.69) is 27.0 Å². The number of hydrogen-bond donors (Lipinski definition) is 0. The topological polar surface area (TPSA) is 45.9 Å². The van der Waals surface area contributed by atoms with Gasteiger partial charge in [-0.25, -0.2) is 0 Å². The van der Waals surface area contributed by atoms with Crippen LogP contribution in [0.2, 0.25) is 0 Å². The molecule has 0 aliphatic carbocycles. The lowest BCUT2D eigenvalue weighted by Crippen LogP contribution is -1.89. The number of rotatable bonds is 1. The summed E-state index contributed by atoms with van der Waals surface area (Å²) in [7, 11) is 1.59. The van der Waals surface area contributed by atoms with Crippen molar-refractivity contribution in [2.24, 2.45) is 0 Å². The molecule has 0 atom stereocenters. The Morgan fingerprint density at radius 1 is 1.40 bits per heavy atom. The third-order valence-corrected chi connectivity index (χ3v) is 2.86. The van der Waals surface area contributed by atoms with Crippen LogP contribution in [0.4, 0.5) is 0 Å². The van der Waals surface area contributed by atoms with Gasteiger partial charge in [0, 0.05) is 27.6 Å². The number of aromatic nitrogens is 1. The number of hydrogen-bond acceptors (Lipinski definition) is 3. The third kappa shape index (κ3) is 1.55. The minimum atomic E-state index is 0.519. The van der Waals surface area contributed by atoms with E-state index in [0.29, 0.717) is 11.3 Å². The zero-order chi connectivity index (χ0) is 10.8. The van der Waals surface area contributed by atoms with Crippen LogP contribution in [0.5, 0.6) is 5.75 Å². The highest BCUT2D eigenvalue weighted by Gasteiger charge is 2.09. The third-order valence-electron chi connectivity index (χ3n) is 2.17. The summed E-state index contributed by atoms with van der Waals surface area (Å²) >= 11 is 3.42. The van der Waals surface area contributed by atoms with E-state index >= 15 is 0 Å². The highest BCUT2D eigenvalue weighted by Crippen LogP contribution is 2.32. The van der Waals surface area contributed by atoms with E-state index in [1.54, 1.807) is 13.3 Å². The van der Waals surface area contributed by atoms with E-state index in [1.807, 2.05) is 12.1 Å². The Kier molecular flexibility index (Phi) is 2.57. The van der Waals surface area contributed by atoms with E-state index < -0.39 is 0 Å². The molecule has 0 spiro atoms. The largest absolute Gasteiger partial charge is 0.496 e. The number of nitriles is 1. The zero-order valence-corrected chi connectivity index (χ0v) is 9.58. The summed E-state index contributed by atoms with van der Waals surface area (Å²) in [5.41, 5.74) is 0.519. The van der Waals surface area contributed by atoms with E-state index in [4.69, 9.17) is 10.00 Å². The molecule has 0 bridgehead atoms. The second-order valence-corrected chi connectivity index (χ2v) is 3.83. The number of fused-ring (bicyclic) bond motifs is 1. The first-order valence-corrected chi connectivity index (χ1v) is 5.07. The number of halogens is 1. The Morgan fingerprint density at radius 3 is 2.87 bits per heavy atom. The number of ether oxygens (including phenoxy) is 1. The van der Waals surface area contributed by atoms with Crippen LogP contribution in [0.3, 0.4) is 0 Å². The first-order valence-electron chi connectivity index (χ1n) is 4.28. The predicted molar refractivity (Wildman–Crippen MR) is 60.7 cm³/mol. The van der Waals surface area contributed by atoms with Crippen molar-refractivity contribution in [2.75, 3.05) is 7.11 Å². The molecular formula is C11H7BrN2O. The summed E-state index contributed by atoms with van der Waals surface area (Å²) in [5, 5.41) is 10.7. The Morgan fingerprint density at radius 2 is 2.20 bits per heavy atom. The lowest BCUT2D eigenvalue weighted by molar-refractivity contribution is 0.419. The van der Waals surface area contributed by atoms with E-state index in [9.17, 15) is 0 Å². The van der Waals surface area contributed by atoms with Crippen molar-refractivity contribution in [3.63, 3.8) is 0 Å². The van der Waals surface area contributed by atoms with E-state index in [1.165, 1.54) is 6.20 Å². The van der Waals surface area contributed by atoms with Crippen molar-refractivity contribution in [1.82, 2.24) is 4.98 Å². The Balaban J connectivity index is 2.96. The van der Waals surface area contributed by atoms with Crippen LogP contribution in [-0.2, 0) is 0 Å². The van der Waals surface area contributed by atoms with Gasteiger partial charge in [-0.3, -0.25) is 4.98 Å². The van der Waals surface area contributed by atoms with Gasteiger partial charge >= 0.3 is 0 Å². The molecule has 0 radical (unpaired) electrons. The molecule has 0 N–H and O–H groups in total. The molecule has 0 amide bonds. The molecule has 4 heteroatoms. The van der Waals surface area contributed by atoms with Gasteiger partial charge in [0.25, 0.3) is 0 Å². The normalized spacial score (nSPS) is 9.93. The molecule has 0 fully saturated rings. The lowest BCUT2D eigenvalue weighted by Gasteiger charge is -2.07. The summed E-state index contributed by atoms with van der Waals surface area (Å²) in [4.78, 5) is 4.01. The first-order chi connectivity index (χ1) is 7.27. The van der Waals surface area contributed by atoms with Gasteiger partial charge in [0.1, 0.15) is 11.8 Å². The standard InChI is InChI=1S/C11H7BrN2O/c1-15-10-3-2-9(12)8-6-14-5-7(4-13)11(8)10/h2-3,5-6H,1H3. The van der Waals surface area contributed by atoms with Crippen LogP contribution in [0, 0.1) is 11.3 Å². The van der Waals surface area contributed by atoms with Gasteiger partial charge in [0.05, 0.1) is 12.7 Å². The smallest absolute Gasteiger partial charge is 0.128 e. The Bertz CT molecular complexity index is 560. The van der Waals surface area contributed by atoms with Gasteiger partial charge in [-0.1, -0.05) is 15.9 Å². The van der Waals surface area contributed by atoms with Crippen LogP contribution >= 0.6 is 15.9 Å². The van der Waals surface area contributed by atoms with Crippen LogP contribution in [0.15, 0.2) is 29.0 Å². The average Bonchev–Trinajstić information content (AvgIpc) is 2.29. The van der Waals surface area contributed by atoms with Crippen LogP contribution < -0.4 is 4.74 Å². The summed E-state index contributed by atoms with van der Waals surface area (Å²) in [6.45, 7) is 0. The molecule has 0 aliphatic heterocycles. The first kappa shape index (κ1) is 9.94. The number of methoxy groups -OCH3 is 1. The second kappa shape index (κ2) is 3.87. The quantitative estimate of drug-likeness (QED) is 0.794. The molecule has 15 heavy (non-hydrogen) atoms. The van der Waals surface area contributed by atoms with Crippen molar-refractivity contribution in [1.29, 1.82) is 5.26 Å². The summed E-state index contributed by atoms with van der Waals surface area (Å²) in [6, 6.07) is 5.81. The molecule has 1 aromatic heterocycles. The summed E-state index contributed by atoms with van der Waals surface area (Å²) < 4.78 is 6.13. The van der Waals surface area contributed by atoms with Crippen molar-refractivity contribution in [3.8, 4) is 11.8 Å². The number of benzene rings is 1. The SMILES string of the molecule is COc1ccc(Br)c2cncc(C#N)c12. The molecule has 0 unspecified atom stereocenters. The number of nitrogens with zero attached hydrogens (tertiary/aromatic N) is 2. The predicted octanol–water partition coefficient (Wildman–Crippen LogP) is 2.88. The Labute approximate surface area is 95.4 Å². The minimum Gasteiger partial charge on any atom is -0.496 e. The maximum atomic E-state index is 8.99. The molecule has 1 heterocycles. The van der Waals surface area contributed by atoms with Crippen molar-refractivity contribution in [3.05, 3.63) is 34.6 Å². The van der Waals surface area contributed by atoms with Crippen LogP contribution in [0.1, 0.15) is 5.56 Å². The maximum absolute atomic E-state index is 8.99. The van der Waals surface area contributed by atoms with Crippen LogP contribution in [-0.4, -0.2) is 12.1 Å². The van der Waals surface area contributed by atoms with Crippen molar-refractivity contribution < 1.29 is 4.74 Å². The molecule has 0 aliphatic rings. The summed E-state index contributed by atoms with van der Waals surface area (Å²) in [6.07, 6.45) is 3.25. The van der Waals surface area contributed by atoms with Gasteiger partial charge in [0.15, 0.2) is 0 Å². The van der Waals surface area contributed by atoms with Gasteiger partial charge in [-0.2, -0.15) is 5.26 Å². The molecular weight excluding hydrogens is 256 g/mol. The molecule has 1 aromatic carbocycles. The zero-order valence-electron chi connectivity index (χ0n) is 7.99. The molecule has 0 saturated heterocycles. The molecule has 74 valence electrons. The fraction of sp³-hybridized carbons (Fsp3) is 0.0909. The molecule has 3 nitrogen and oxygen atoms in total. The number of pyridine rings is 1. The van der Waals surface area contributed by atoms with Gasteiger partial charge < -0.3 is 4.74 Å². The highest BCUT2D eigenvalue weighted by molar-refractivity contribution is 9.10. The van der Waals surface area contributed by atoms with Crippen molar-refractivity contribution in [2.45, 2.75) is 0 Å². The highest BCUT2D eigenvalue weighted by atomic mass is 79.9. The van der Waals surface area contributed by atoms with Gasteiger partial charge in [0.2, 0.25) is 0 Å². The molecule has 0 saturated carbocycles. The summed E-state index contributed by atoms with van der Waals surface area (Å²) in [5.74, 6) is 0.687. The molecule has 2 rings (SSSR count). The van der Waals surface area contributed by atoms with Crippen LogP contribution in [0.25, 0.3) is 10.8 Å². The van der Waals surface area contributed by atoms with E-state index in [-0.39, 0.29) is 0 Å². The molecule has 2 aromatic rings. The lowest BCUT2D eigenvalue weighted by atomic mass is 10.1. The monoisotopic (exact) mass is 262 g/mol. The van der Waals surface area contributed by atoms with Crippen molar-refractivity contribution >= 4 is 26.7 Å². The fourth-order valence-electron chi connectivity index (χ4n) is 1.48. The maximum Gasteiger partial charge on any atom is 0.128 e.